The van der Waals surface area contributed by atoms with Gasteiger partial charge in [-0.1, -0.05) is 30.3 Å². The molecule has 2 aromatic heterocycles. The number of aliphatic hydroxyl groups is 1. The Morgan fingerprint density at radius 3 is 2.86 bits per heavy atom. The first-order chi connectivity index (χ1) is 13.6. The number of aryl methyl sites for hydroxylation is 1. The maximum Gasteiger partial charge on any atom is 0.272 e. The second-order valence-corrected chi connectivity index (χ2v) is 8.52. The van der Waals surface area contributed by atoms with E-state index < -0.39 is 0 Å². The minimum Gasteiger partial charge on any atom is -0.396 e. The molecule has 28 heavy (non-hydrogen) atoms. The second kappa shape index (κ2) is 6.57. The van der Waals surface area contributed by atoms with Gasteiger partial charge >= 0.3 is 0 Å². The van der Waals surface area contributed by atoms with Crippen molar-refractivity contribution in [2.45, 2.75) is 51.2 Å². The van der Waals surface area contributed by atoms with Crippen LogP contribution in [0.3, 0.4) is 0 Å². The third kappa shape index (κ3) is 2.79. The summed E-state index contributed by atoms with van der Waals surface area (Å²) in [4.78, 5) is 19.6. The van der Waals surface area contributed by atoms with Crippen molar-refractivity contribution in [2.24, 2.45) is 5.41 Å². The first-order valence-corrected chi connectivity index (χ1v) is 10.1. The van der Waals surface area contributed by atoms with Crippen LogP contribution in [-0.4, -0.2) is 43.3 Å². The fourth-order valence-corrected chi connectivity index (χ4v) is 5.51. The Morgan fingerprint density at radius 2 is 2.07 bits per heavy atom. The smallest absolute Gasteiger partial charge is 0.272 e. The van der Waals surface area contributed by atoms with Gasteiger partial charge in [-0.2, -0.15) is 0 Å². The van der Waals surface area contributed by atoms with Gasteiger partial charge in [-0.3, -0.25) is 14.8 Å². The molecule has 5 rings (SSSR count). The zero-order chi connectivity index (χ0) is 19.3. The Kier molecular flexibility index (Phi) is 4.14. The molecule has 0 unspecified atom stereocenters. The molecule has 3 aromatic rings. The predicted octanol–water partition coefficient (Wildman–Crippen LogP) is 2.29. The first kappa shape index (κ1) is 17.6. The molecule has 0 radical (unpaired) electrons. The van der Waals surface area contributed by atoms with Crippen LogP contribution in [0, 0.1) is 12.3 Å². The average molecular weight is 378 g/mol. The summed E-state index contributed by atoms with van der Waals surface area (Å²) in [6, 6.07) is 14.8. The maximum atomic E-state index is 12.4. The molecular formula is C22H26N4O2. The molecule has 0 saturated carbocycles. The Balaban J connectivity index is 1.43. The van der Waals surface area contributed by atoms with Crippen molar-refractivity contribution in [3.8, 4) is 0 Å². The van der Waals surface area contributed by atoms with E-state index in [1.807, 2.05) is 19.1 Å². The fourth-order valence-electron chi connectivity index (χ4n) is 5.51. The number of fused-ring (bicyclic) bond motifs is 3. The highest BCUT2D eigenvalue weighted by Gasteiger charge is 2.55. The summed E-state index contributed by atoms with van der Waals surface area (Å²) >= 11 is 0. The number of benzene rings is 1. The van der Waals surface area contributed by atoms with Crippen LogP contribution in [0.1, 0.15) is 36.2 Å². The number of rotatable bonds is 5. The summed E-state index contributed by atoms with van der Waals surface area (Å²) in [6.45, 7) is 2.79. The predicted molar refractivity (Wildman–Crippen MR) is 107 cm³/mol. The standard InChI is InChI=1S/C22H26N4O2/c1-15-9-20-23-17(10-21(28)26(20)24-15)13-25-18-7-8-19(25)22(12-18,14-27)11-16-5-3-2-4-6-16/h2-6,9-10,18-19,24,27H,7-8,11-14H2,1H3/t18-,19+,22-/m1/s1. The first-order valence-electron chi connectivity index (χ1n) is 10.1. The number of hydrogen-bond acceptors (Lipinski definition) is 4. The van der Waals surface area contributed by atoms with Gasteiger partial charge in [-0.15, -0.1) is 0 Å². The van der Waals surface area contributed by atoms with Crippen LogP contribution in [0.15, 0.2) is 47.3 Å². The molecule has 3 atom stereocenters. The van der Waals surface area contributed by atoms with E-state index in [1.54, 1.807) is 6.07 Å². The van der Waals surface area contributed by atoms with Crippen molar-refractivity contribution < 1.29 is 5.11 Å². The normalized spacial score (nSPS) is 27.1. The molecule has 146 valence electrons. The number of H-pyrrole nitrogens is 1. The van der Waals surface area contributed by atoms with Gasteiger partial charge < -0.3 is 5.11 Å². The molecule has 2 fully saturated rings. The van der Waals surface area contributed by atoms with Crippen molar-refractivity contribution in [2.75, 3.05) is 6.61 Å². The van der Waals surface area contributed by atoms with E-state index in [2.05, 4.69) is 34.3 Å². The summed E-state index contributed by atoms with van der Waals surface area (Å²) in [5.41, 5.74) is 3.51. The average Bonchev–Trinajstić information content (AvgIpc) is 3.34. The zero-order valence-electron chi connectivity index (χ0n) is 16.1. The van der Waals surface area contributed by atoms with Gasteiger partial charge in [0.1, 0.15) is 0 Å². The summed E-state index contributed by atoms with van der Waals surface area (Å²) in [6.07, 6.45) is 4.16. The molecule has 4 heterocycles. The molecule has 6 nitrogen and oxygen atoms in total. The van der Waals surface area contributed by atoms with Gasteiger partial charge in [0.25, 0.3) is 5.56 Å². The molecule has 2 bridgehead atoms. The van der Waals surface area contributed by atoms with Crippen molar-refractivity contribution >= 4 is 5.65 Å². The fraction of sp³-hybridized carbons (Fsp3) is 0.455. The minimum absolute atomic E-state index is 0.0719. The summed E-state index contributed by atoms with van der Waals surface area (Å²) < 4.78 is 1.49. The van der Waals surface area contributed by atoms with E-state index >= 15 is 0 Å². The maximum absolute atomic E-state index is 12.4. The van der Waals surface area contributed by atoms with Crippen LogP contribution in [0.5, 0.6) is 0 Å². The van der Waals surface area contributed by atoms with E-state index in [0.717, 1.165) is 37.1 Å². The lowest BCUT2D eigenvalue weighted by Gasteiger charge is -2.36. The summed E-state index contributed by atoms with van der Waals surface area (Å²) in [7, 11) is 0. The molecule has 0 aliphatic carbocycles. The molecule has 1 aromatic carbocycles. The van der Waals surface area contributed by atoms with Crippen LogP contribution in [0.2, 0.25) is 0 Å². The molecule has 0 spiro atoms. The van der Waals surface area contributed by atoms with E-state index in [0.29, 0.717) is 24.3 Å². The van der Waals surface area contributed by atoms with Crippen LogP contribution in [0.4, 0.5) is 0 Å². The third-order valence-electron chi connectivity index (χ3n) is 6.68. The molecule has 2 N–H and O–H groups in total. The van der Waals surface area contributed by atoms with E-state index in [-0.39, 0.29) is 17.6 Å². The molecule has 2 aliphatic heterocycles. The van der Waals surface area contributed by atoms with Gasteiger partial charge in [-0.25, -0.2) is 9.50 Å². The van der Waals surface area contributed by atoms with Gasteiger partial charge in [-0.05, 0) is 38.2 Å². The third-order valence-corrected chi connectivity index (χ3v) is 6.68. The van der Waals surface area contributed by atoms with Crippen molar-refractivity contribution in [3.63, 3.8) is 0 Å². The van der Waals surface area contributed by atoms with E-state index in [1.165, 1.54) is 10.1 Å². The quantitative estimate of drug-likeness (QED) is 0.714. The highest BCUT2D eigenvalue weighted by Crippen LogP contribution is 2.51. The van der Waals surface area contributed by atoms with Crippen molar-refractivity contribution in [1.29, 1.82) is 0 Å². The number of hydrogen-bond donors (Lipinski definition) is 2. The van der Waals surface area contributed by atoms with Crippen LogP contribution < -0.4 is 5.56 Å². The Hall–Kier alpha value is -2.44. The van der Waals surface area contributed by atoms with E-state index in [9.17, 15) is 9.90 Å². The Labute approximate surface area is 163 Å². The molecule has 2 saturated heterocycles. The lowest BCUT2D eigenvalue weighted by atomic mass is 9.70. The highest BCUT2D eigenvalue weighted by atomic mass is 16.3. The molecular weight excluding hydrogens is 352 g/mol. The number of aromatic nitrogens is 3. The number of nitrogens with zero attached hydrogens (tertiary/aromatic N) is 3. The zero-order valence-corrected chi connectivity index (χ0v) is 16.1. The highest BCUT2D eigenvalue weighted by molar-refractivity contribution is 5.39. The number of nitrogens with one attached hydrogen (secondary N) is 1. The minimum atomic E-state index is -0.103. The Bertz CT molecular complexity index is 1060. The number of aliphatic hydroxyl groups excluding tert-OH is 1. The largest absolute Gasteiger partial charge is 0.396 e. The lowest BCUT2D eigenvalue weighted by Crippen LogP contribution is -2.41. The van der Waals surface area contributed by atoms with Crippen molar-refractivity contribution in [1.82, 2.24) is 19.5 Å². The Morgan fingerprint density at radius 1 is 1.25 bits per heavy atom. The summed E-state index contributed by atoms with van der Waals surface area (Å²) in [5.74, 6) is 0. The second-order valence-electron chi connectivity index (χ2n) is 8.52. The van der Waals surface area contributed by atoms with E-state index in [4.69, 9.17) is 4.98 Å². The summed E-state index contributed by atoms with van der Waals surface area (Å²) in [5, 5.41) is 13.4. The van der Waals surface area contributed by atoms with Crippen LogP contribution in [0.25, 0.3) is 5.65 Å². The van der Waals surface area contributed by atoms with Crippen molar-refractivity contribution in [3.05, 3.63) is 69.8 Å². The van der Waals surface area contributed by atoms with Gasteiger partial charge in [0.05, 0.1) is 12.3 Å². The molecule has 0 amide bonds. The van der Waals surface area contributed by atoms with Crippen LogP contribution in [-0.2, 0) is 13.0 Å². The molecule has 2 aliphatic rings. The van der Waals surface area contributed by atoms with Crippen LogP contribution >= 0.6 is 0 Å². The van der Waals surface area contributed by atoms with Gasteiger partial charge in [0.2, 0.25) is 0 Å². The monoisotopic (exact) mass is 378 g/mol. The number of aromatic amines is 1. The van der Waals surface area contributed by atoms with Gasteiger partial charge in [0.15, 0.2) is 5.65 Å². The SMILES string of the molecule is Cc1cc2nc(CN3[C@@H]4CC[C@H]3[C@](CO)(Cc3ccccc3)C4)cc(=O)n2[nH]1. The van der Waals surface area contributed by atoms with Gasteiger partial charge in [0, 0.05) is 41.9 Å². The lowest BCUT2D eigenvalue weighted by molar-refractivity contribution is 0.0748. The molecule has 6 heteroatoms. The topological polar surface area (TPSA) is 73.6 Å².